The number of carbonyl (C=O) groups is 1. The lowest BCUT2D eigenvalue weighted by atomic mass is 10.00. The highest BCUT2D eigenvalue weighted by molar-refractivity contribution is 5.96. The van der Waals surface area contributed by atoms with Gasteiger partial charge in [0.15, 0.2) is 5.78 Å². The number of benzene rings is 2. The zero-order valence-corrected chi connectivity index (χ0v) is 13.6. The average Bonchev–Trinajstić information content (AvgIpc) is 2.57. The fraction of sp³-hybridized carbons (Fsp3) is 0.350. The van der Waals surface area contributed by atoms with Crippen LogP contribution in [0.25, 0.3) is 11.1 Å². The molecule has 0 heterocycles. The molecule has 2 aromatic rings. The number of Topliss-reactive ketones (excluding diaryl/α,β-unsaturated/α-hetero) is 1. The second-order valence-corrected chi connectivity index (χ2v) is 4.80. The van der Waals surface area contributed by atoms with Crippen LogP contribution in [0.15, 0.2) is 48.5 Å². The summed E-state index contributed by atoms with van der Waals surface area (Å²) in [7, 11) is 0. The highest BCUT2D eigenvalue weighted by Gasteiger charge is 2.03. The molecule has 0 N–H and O–H groups in total. The van der Waals surface area contributed by atoms with Crippen LogP contribution in [-0.4, -0.2) is 5.78 Å². The molecular weight excluding hydrogens is 256 g/mol. The molecule has 0 saturated heterocycles. The second-order valence-electron chi connectivity index (χ2n) is 4.80. The van der Waals surface area contributed by atoms with Crippen molar-refractivity contribution in [2.24, 2.45) is 0 Å². The fourth-order valence-electron chi connectivity index (χ4n) is 2.21. The molecular formula is C20H26O. The molecule has 0 amide bonds. The molecule has 0 atom stereocenters. The maximum Gasteiger partial charge on any atom is 0.162 e. The third-order valence-corrected chi connectivity index (χ3v) is 3.35. The van der Waals surface area contributed by atoms with E-state index < -0.39 is 0 Å². The van der Waals surface area contributed by atoms with Crippen molar-refractivity contribution in [2.75, 3.05) is 0 Å². The fourth-order valence-corrected chi connectivity index (χ4v) is 2.21. The van der Waals surface area contributed by atoms with Gasteiger partial charge in [-0.1, -0.05) is 82.6 Å². The maximum absolute atomic E-state index is 11.6. The Morgan fingerprint density at radius 1 is 0.810 bits per heavy atom. The lowest BCUT2D eigenvalue weighted by molar-refractivity contribution is 0.0988. The SMILES string of the molecule is CC.CCCc1ccc(-c2ccc(C(=O)CC)cc2)cc1. The number of ketones is 1. The normalized spacial score (nSPS) is 9.71. The molecule has 112 valence electrons. The third-order valence-electron chi connectivity index (χ3n) is 3.35. The highest BCUT2D eigenvalue weighted by Crippen LogP contribution is 2.21. The quantitative estimate of drug-likeness (QED) is 0.622. The van der Waals surface area contributed by atoms with Gasteiger partial charge in [-0.3, -0.25) is 4.79 Å². The largest absolute Gasteiger partial charge is 0.294 e. The lowest BCUT2D eigenvalue weighted by Crippen LogP contribution is -1.95. The minimum atomic E-state index is 0.199. The number of hydrogen-bond acceptors (Lipinski definition) is 1. The first kappa shape index (κ1) is 17.2. The predicted molar refractivity (Wildman–Crippen MR) is 91.8 cm³/mol. The lowest BCUT2D eigenvalue weighted by Gasteiger charge is -2.05. The average molecular weight is 282 g/mol. The summed E-state index contributed by atoms with van der Waals surface area (Å²) in [5, 5.41) is 0. The standard InChI is InChI=1S/C18H20O.C2H6/c1-3-5-14-6-8-15(9-7-14)16-10-12-17(13-11-16)18(19)4-2;1-2/h6-13H,3-5H2,1-2H3;1-2H3. The number of aryl methyl sites for hydroxylation is 1. The molecule has 0 aliphatic rings. The second kappa shape index (κ2) is 9.12. The van der Waals surface area contributed by atoms with Gasteiger partial charge in [-0.15, -0.1) is 0 Å². The summed E-state index contributed by atoms with van der Waals surface area (Å²) >= 11 is 0. The Balaban J connectivity index is 0.00000106. The first-order valence-electron chi connectivity index (χ1n) is 7.97. The molecule has 0 saturated carbocycles. The molecule has 21 heavy (non-hydrogen) atoms. The first-order valence-corrected chi connectivity index (χ1v) is 7.97. The Kier molecular flexibility index (Phi) is 7.45. The van der Waals surface area contributed by atoms with Gasteiger partial charge in [-0.05, 0) is 23.1 Å². The Labute approximate surface area is 129 Å². The van der Waals surface area contributed by atoms with Crippen LogP contribution in [-0.2, 0) is 6.42 Å². The van der Waals surface area contributed by atoms with E-state index in [0.717, 1.165) is 17.5 Å². The number of hydrogen-bond donors (Lipinski definition) is 0. The summed E-state index contributed by atoms with van der Waals surface area (Å²) < 4.78 is 0. The molecule has 0 bridgehead atoms. The Hall–Kier alpha value is -1.89. The van der Waals surface area contributed by atoms with E-state index in [9.17, 15) is 4.79 Å². The molecule has 0 unspecified atom stereocenters. The van der Waals surface area contributed by atoms with E-state index in [1.165, 1.54) is 17.5 Å². The molecule has 0 radical (unpaired) electrons. The predicted octanol–water partition coefficient (Wildman–Crippen LogP) is 5.93. The van der Waals surface area contributed by atoms with E-state index in [4.69, 9.17) is 0 Å². The third kappa shape index (κ3) is 4.86. The molecule has 1 heteroatoms. The summed E-state index contributed by atoms with van der Waals surface area (Å²) in [5.41, 5.74) is 4.55. The zero-order chi connectivity index (χ0) is 15.7. The number of rotatable bonds is 5. The van der Waals surface area contributed by atoms with Gasteiger partial charge in [0, 0.05) is 12.0 Å². The van der Waals surface area contributed by atoms with Gasteiger partial charge < -0.3 is 0 Å². The molecule has 0 fully saturated rings. The van der Waals surface area contributed by atoms with Gasteiger partial charge in [-0.25, -0.2) is 0 Å². The van der Waals surface area contributed by atoms with Crippen LogP contribution in [0.2, 0.25) is 0 Å². The molecule has 0 aliphatic heterocycles. The van der Waals surface area contributed by atoms with Gasteiger partial charge in [0.1, 0.15) is 0 Å². The van der Waals surface area contributed by atoms with Crippen LogP contribution in [0, 0.1) is 0 Å². The smallest absolute Gasteiger partial charge is 0.162 e. The van der Waals surface area contributed by atoms with E-state index in [2.05, 4.69) is 31.2 Å². The minimum absolute atomic E-state index is 0.199. The van der Waals surface area contributed by atoms with Crippen molar-refractivity contribution in [1.82, 2.24) is 0 Å². The van der Waals surface area contributed by atoms with E-state index >= 15 is 0 Å². The molecule has 2 aromatic carbocycles. The summed E-state index contributed by atoms with van der Waals surface area (Å²) in [5.74, 6) is 0.199. The van der Waals surface area contributed by atoms with Crippen LogP contribution in [0.3, 0.4) is 0 Å². The Morgan fingerprint density at radius 3 is 1.71 bits per heavy atom. The topological polar surface area (TPSA) is 17.1 Å². The minimum Gasteiger partial charge on any atom is -0.294 e. The van der Waals surface area contributed by atoms with Gasteiger partial charge in [0.25, 0.3) is 0 Å². The Morgan fingerprint density at radius 2 is 1.29 bits per heavy atom. The van der Waals surface area contributed by atoms with Crippen molar-refractivity contribution < 1.29 is 4.79 Å². The molecule has 0 aliphatic carbocycles. The van der Waals surface area contributed by atoms with Crippen molar-refractivity contribution in [3.8, 4) is 11.1 Å². The molecule has 1 nitrogen and oxygen atoms in total. The molecule has 2 rings (SSSR count). The van der Waals surface area contributed by atoms with Crippen LogP contribution in [0.4, 0.5) is 0 Å². The van der Waals surface area contributed by atoms with E-state index in [1.54, 1.807) is 0 Å². The monoisotopic (exact) mass is 282 g/mol. The Bertz CT molecular complexity index is 535. The number of carbonyl (C=O) groups excluding carboxylic acids is 1. The van der Waals surface area contributed by atoms with Gasteiger partial charge in [0.2, 0.25) is 0 Å². The summed E-state index contributed by atoms with van der Waals surface area (Å²) in [4.78, 5) is 11.6. The van der Waals surface area contributed by atoms with Crippen molar-refractivity contribution >= 4 is 5.78 Å². The van der Waals surface area contributed by atoms with Crippen LogP contribution in [0.1, 0.15) is 56.5 Å². The van der Waals surface area contributed by atoms with Gasteiger partial charge in [0.05, 0.1) is 0 Å². The van der Waals surface area contributed by atoms with Crippen molar-refractivity contribution in [1.29, 1.82) is 0 Å². The van der Waals surface area contributed by atoms with E-state index in [0.29, 0.717) is 6.42 Å². The van der Waals surface area contributed by atoms with Crippen LogP contribution >= 0.6 is 0 Å². The van der Waals surface area contributed by atoms with Crippen LogP contribution < -0.4 is 0 Å². The highest BCUT2D eigenvalue weighted by atomic mass is 16.1. The molecule has 0 aromatic heterocycles. The first-order chi connectivity index (χ1) is 10.2. The van der Waals surface area contributed by atoms with Gasteiger partial charge >= 0.3 is 0 Å². The van der Waals surface area contributed by atoms with Crippen molar-refractivity contribution in [2.45, 2.75) is 47.0 Å². The van der Waals surface area contributed by atoms with Crippen molar-refractivity contribution in [3.63, 3.8) is 0 Å². The summed E-state index contributed by atoms with van der Waals surface area (Å²) in [6.07, 6.45) is 2.86. The summed E-state index contributed by atoms with van der Waals surface area (Å²) in [6.45, 7) is 8.08. The van der Waals surface area contributed by atoms with E-state index in [-0.39, 0.29) is 5.78 Å². The van der Waals surface area contributed by atoms with Crippen molar-refractivity contribution in [3.05, 3.63) is 59.7 Å². The summed E-state index contributed by atoms with van der Waals surface area (Å²) in [6, 6.07) is 16.6. The van der Waals surface area contributed by atoms with Crippen LogP contribution in [0.5, 0.6) is 0 Å². The maximum atomic E-state index is 11.6. The van der Waals surface area contributed by atoms with E-state index in [1.807, 2.05) is 45.0 Å². The zero-order valence-electron chi connectivity index (χ0n) is 13.6. The van der Waals surface area contributed by atoms with Gasteiger partial charge in [-0.2, -0.15) is 0 Å². The molecule has 0 spiro atoms.